The third kappa shape index (κ3) is 5.83. The number of benzene rings is 2. The smallest absolute Gasteiger partial charge is 0.356 e. The second kappa shape index (κ2) is 9.13. The van der Waals surface area contributed by atoms with Gasteiger partial charge in [-0.15, -0.1) is 0 Å². The summed E-state index contributed by atoms with van der Waals surface area (Å²) in [5.74, 6) is -0.748. The minimum atomic E-state index is -4.55. The highest BCUT2D eigenvalue weighted by molar-refractivity contribution is 8.15. The van der Waals surface area contributed by atoms with Crippen molar-refractivity contribution in [3.05, 3.63) is 65.7 Å². The minimum Gasteiger partial charge on any atom is -0.356 e. The molecule has 0 unspecified atom stereocenters. The lowest BCUT2D eigenvalue weighted by Gasteiger charge is -2.09. The molecule has 9 heteroatoms. The average molecular weight is 421 g/mol. The topological polar surface area (TPSA) is 70.6 Å². The van der Waals surface area contributed by atoms with E-state index in [1.54, 1.807) is 0 Å². The summed E-state index contributed by atoms with van der Waals surface area (Å²) < 4.78 is 39.2. The van der Waals surface area contributed by atoms with Gasteiger partial charge in [-0.05, 0) is 24.1 Å². The molecule has 0 spiro atoms. The summed E-state index contributed by atoms with van der Waals surface area (Å²) >= 11 is 0.952. The molecule has 0 saturated carbocycles. The fourth-order valence-electron chi connectivity index (χ4n) is 2.74. The number of amidine groups is 1. The molecule has 1 aliphatic heterocycles. The van der Waals surface area contributed by atoms with Gasteiger partial charge in [0.1, 0.15) is 5.25 Å². The SMILES string of the molecule is O=C(C[C@@H]1SC(=Nc2ccccc2C(F)(F)F)NC1=O)NCCc1ccccc1. The van der Waals surface area contributed by atoms with Crippen molar-refractivity contribution < 1.29 is 22.8 Å². The maximum Gasteiger partial charge on any atom is 0.418 e. The molecule has 1 heterocycles. The van der Waals surface area contributed by atoms with Crippen molar-refractivity contribution in [1.82, 2.24) is 10.6 Å². The predicted molar refractivity (Wildman–Crippen MR) is 106 cm³/mol. The predicted octanol–water partition coefficient (Wildman–Crippen LogP) is 3.67. The van der Waals surface area contributed by atoms with Gasteiger partial charge >= 0.3 is 6.18 Å². The second-order valence-corrected chi connectivity index (χ2v) is 7.51. The van der Waals surface area contributed by atoms with Crippen LogP contribution in [0.3, 0.4) is 0 Å². The van der Waals surface area contributed by atoms with E-state index in [9.17, 15) is 22.8 Å². The van der Waals surface area contributed by atoms with Crippen LogP contribution < -0.4 is 10.6 Å². The number of carbonyl (C=O) groups is 2. The molecule has 0 radical (unpaired) electrons. The molecule has 0 aliphatic carbocycles. The lowest BCUT2D eigenvalue weighted by molar-refractivity contribution is -0.137. The largest absolute Gasteiger partial charge is 0.418 e. The van der Waals surface area contributed by atoms with Crippen LogP contribution in [0.25, 0.3) is 0 Å². The van der Waals surface area contributed by atoms with E-state index in [0.717, 1.165) is 23.4 Å². The van der Waals surface area contributed by atoms with Crippen LogP contribution in [-0.2, 0) is 22.2 Å². The van der Waals surface area contributed by atoms with Gasteiger partial charge in [0, 0.05) is 13.0 Å². The Kier molecular flexibility index (Phi) is 6.58. The number of thioether (sulfide) groups is 1. The Hall–Kier alpha value is -2.81. The number of alkyl halides is 3. The molecule has 0 aromatic heterocycles. The zero-order valence-corrected chi connectivity index (χ0v) is 16.0. The van der Waals surface area contributed by atoms with Gasteiger partial charge in [0.25, 0.3) is 0 Å². The van der Waals surface area contributed by atoms with E-state index >= 15 is 0 Å². The normalized spacial score (nSPS) is 18.0. The van der Waals surface area contributed by atoms with E-state index in [2.05, 4.69) is 15.6 Å². The molecule has 29 heavy (non-hydrogen) atoms. The molecular weight excluding hydrogens is 403 g/mol. The van der Waals surface area contributed by atoms with E-state index in [-0.39, 0.29) is 23.2 Å². The fraction of sp³-hybridized carbons (Fsp3) is 0.250. The van der Waals surface area contributed by atoms with Crippen molar-refractivity contribution in [2.75, 3.05) is 6.54 Å². The number of aliphatic imine (C=N–C) groups is 1. The molecule has 5 nitrogen and oxygen atoms in total. The summed E-state index contributed by atoms with van der Waals surface area (Å²) in [6.07, 6.45) is -3.96. The number of hydrogen-bond donors (Lipinski definition) is 2. The number of nitrogens with one attached hydrogen (secondary N) is 2. The average Bonchev–Trinajstić information content (AvgIpc) is 3.01. The van der Waals surface area contributed by atoms with Crippen molar-refractivity contribution >= 4 is 34.4 Å². The minimum absolute atomic E-state index is 0.0498. The second-order valence-electron chi connectivity index (χ2n) is 6.32. The Labute approximate surface area is 169 Å². The summed E-state index contributed by atoms with van der Waals surface area (Å²) in [5, 5.41) is 4.51. The van der Waals surface area contributed by atoms with E-state index in [4.69, 9.17) is 0 Å². The molecule has 1 fully saturated rings. The summed E-state index contributed by atoms with van der Waals surface area (Å²) in [6, 6.07) is 14.5. The lowest BCUT2D eigenvalue weighted by Crippen LogP contribution is -2.32. The van der Waals surface area contributed by atoms with E-state index in [1.807, 2.05) is 30.3 Å². The maximum absolute atomic E-state index is 13.1. The van der Waals surface area contributed by atoms with Crippen molar-refractivity contribution in [3.63, 3.8) is 0 Å². The third-order valence-electron chi connectivity index (χ3n) is 4.16. The van der Waals surface area contributed by atoms with Crippen molar-refractivity contribution in [3.8, 4) is 0 Å². The number of nitrogens with zero attached hydrogens (tertiary/aromatic N) is 1. The van der Waals surface area contributed by atoms with Crippen LogP contribution in [-0.4, -0.2) is 28.8 Å². The number of rotatable bonds is 6. The number of amides is 2. The Morgan fingerprint density at radius 3 is 2.52 bits per heavy atom. The van der Waals surface area contributed by atoms with Gasteiger partial charge in [0.2, 0.25) is 11.8 Å². The highest BCUT2D eigenvalue weighted by atomic mass is 32.2. The highest BCUT2D eigenvalue weighted by Crippen LogP contribution is 2.37. The Morgan fingerprint density at radius 1 is 1.10 bits per heavy atom. The summed E-state index contributed by atoms with van der Waals surface area (Å²) in [4.78, 5) is 28.1. The molecule has 1 aliphatic rings. The molecule has 1 atom stereocenters. The first-order valence-corrected chi connectivity index (χ1v) is 9.74. The van der Waals surface area contributed by atoms with Crippen LogP contribution in [0.2, 0.25) is 0 Å². The van der Waals surface area contributed by atoms with Crippen molar-refractivity contribution in [2.45, 2.75) is 24.3 Å². The van der Waals surface area contributed by atoms with Gasteiger partial charge in [-0.25, -0.2) is 4.99 Å². The van der Waals surface area contributed by atoms with Crippen LogP contribution in [0.5, 0.6) is 0 Å². The number of carbonyl (C=O) groups excluding carboxylic acids is 2. The van der Waals surface area contributed by atoms with Crippen molar-refractivity contribution in [2.24, 2.45) is 4.99 Å². The van der Waals surface area contributed by atoms with Gasteiger partial charge in [0.05, 0.1) is 11.3 Å². The molecule has 2 aromatic carbocycles. The number of hydrogen-bond acceptors (Lipinski definition) is 4. The summed E-state index contributed by atoms with van der Waals surface area (Å²) in [7, 11) is 0. The molecular formula is C20H18F3N3O2S. The molecule has 1 saturated heterocycles. The third-order valence-corrected chi connectivity index (χ3v) is 5.24. The first kappa shape index (κ1) is 20.9. The number of para-hydroxylation sites is 1. The maximum atomic E-state index is 13.1. The molecule has 2 N–H and O–H groups in total. The van der Waals surface area contributed by atoms with E-state index in [0.29, 0.717) is 13.0 Å². The van der Waals surface area contributed by atoms with Gasteiger partial charge in [-0.2, -0.15) is 13.2 Å². The first-order valence-electron chi connectivity index (χ1n) is 8.86. The first-order chi connectivity index (χ1) is 13.8. The Morgan fingerprint density at radius 2 is 1.79 bits per heavy atom. The quantitative estimate of drug-likeness (QED) is 0.748. The van der Waals surface area contributed by atoms with Gasteiger partial charge in [-0.3, -0.25) is 9.59 Å². The molecule has 2 amide bonds. The standard InChI is InChI=1S/C20H18F3N3O2S/c21-20(22,23)14-8-4-5-9-15(14)25-19-26-18(28)16(29-19)12-17(27)24-11-10-13-6-2-1-3-7-13/h1-9,16H,10-12H2,(H,24,27)(H,25,26,28)/t16-/m0/s1. The molecule has 152 valence electrons. The van der Waals surface area contributed by atoms with E-state index < -0.39 is 22.9 Å². The van der Waals surface area contributed by atoms with Crippen LogP contribution in [0.15, 0.2) is 59.6 Å². The van der Waals surface area contributed by atoms with Crippen LogP contribution >= 0.6 is 11.8 Å². The fourth-order valence-corrected chi connectivity index (χ4v) is 3.72. The Bertz CT molecular complexity index is 917. The molecule has 3 rings (SSSR count). The van der Waals surface area contributed by atoms with Crippen molar-refractivity contribution in [1.29, 1.82) is 0 Å². The van der Waals surface area contributed by atoms with E-state index in [1.165, 1.54) is 18.2 Å². The zero-order chi connectivity index (χ0) is 20.9. The van der Waals surface area contributed by atoms with Gasteiger partial charge < -0.3 is 10.6 Å². The molecule has 0 bridgehead atoms. The summed E-state index contributed by atoms with van der Waals surface area (Å²) in [5.41, 5.74) is -0.0845. The number of halogens is 3. The highest BCUT2D eigenvalue weighted by Gasteiger charge is 2.35. The van der Waals surface area contributed by atoms with Gasteiger partial charge in [-0.1, -0.05) is 54.2 Å². The van der Waals surface area contributed by atoms with Crippen LogP contribution in [0.4, 0.5) is 18.9 Å². The lowest BCUT2D eigenvalue weighted by atomic mass is 10.1. The zero-order valence-electron chi connectivity index (χ0n) is 15.2. The van der Waals surface area contributed by atoms with Crippen LogP contribution in [0.1, 0.15) is 17.5 Å². The van der Waals surface area contributed by atoms with Crippen LogP contribution in [0, 0.1) is 0 Å². The summed E-state index contributed by atoms with van der Waals surface area (Å²) in [6.45, 7) is 0.432. The Balaban J connectivity index is 1.56. The molecule has 2 aromatic rings. The van der Waals surface area contributed by atoms with Gasteiger partial charge in [0.15, 0.2) is 5.17 Å². The monoisotopic (exact) mass is 421 g/mol.